The minimum absolute atomic E-state index is 0. The van der Waals surface area contributed by atoms with Crippen LogP contribution in [0.25, 0.3) is 0 Å². The van der Waals surface area contributed by atoms with Crippen LogP contribution < -0.4 is 0 Å². The molecule has 0 unspecified atom stereocenters. The van der Waals surface area contributed by atoms with Gasteiger partial charge in [-0.3, -0.25) is 0 Å². The standard InChI is InChI=1S/Al.Au.Ca.Pb.7H/q;;+2;;;;;;;2*-1. The van der Waals surface area contributed by atoms with Gasteiger partial charge in [-0.25, -0.2) is 0 Å². The Morgan fingerprint density at radius 1 is 1.25 bits per heavy atom. The minimum atomic E-state index is 0. The Morgan fingerprint density at radius 3 is 1.25 bits per heavy atom. The van der Waals surface area contributed by atoms with Crippen LogP contribution in [0.4, 0.5) is 0 Å². The van der Waals surface area contributed by atoms with Crippen molar-refractivity contribution in [3.05, 3.63) is 0 Å². The van der Waals surface area contributed by atoms with E-state index in [0.29, 0.717) is 0 Å². The van der Waals surface area contributed by atoms with Crippen molar-refractivity contribution in [3.8, 4) is 0 Å². The van der Waals surface area contributed by atoms with E-state index >= 15 is 0 Å². The molecule has 0 saturated carbocycles. The second kappa shape index (κ2) is 16.1. The van der Waals surface area contributed by atoms with Gasteiger partial charge >= 0.3 is 65.0 Å². The summed E-state index contributed by atoms with van der Waals surface area (Å²) in [5.74, 6) is 0. The van der Waals surface area contributed by atoms with Crippen LogP contribution in [0, 0.1) is 0 Å². The molecule has 27 valence electrons. The van der Waals surface area contributed by atoms with Crippen LogP contribution in [-0.4, -0.2) is 82.4 Å². The SMILES string of the molecule is [AlH3].[Au].[Ca+2].[H-].[H-].[PbH2]. The fraction of sp³-hybridized carbons (Fsp3) is 0. The van der Waals surface area contributed by atoms with E-state index in [4.69, 9.17) is 0 Å². The van der Waals surface area contributed by atoms with Crippen molar-refractivity contribution in [2.24, 2.45) is 0 Å². The Hall–Kier alpha value is 3.45. The second-order valence-electron chi connectivity index (χ2n) is 0. The Kier molecular flexibility index (Phi) is 105. The summed E-state index contributed by atoms with van der Waals surface area (Å²) >= 11 is 0. The molecule has 0 fully saturated rings. The summed E-state index contributed by atoms with van der Waals surface area (Å²) in [6, 6.07) is 0. The second-order valence-corrected chi connectivity index (χ2v) is 0. The Labute approximate surface area is 105 Å². The summed E-state index contributed by atoms with van der Waals surface area (Å²) < 4.78 is 0. The molecule has 0 aromatic rings. The zero-order valence-electron chi connectivity index (χ0n) is 3.72. The monoisotopic (exact) mass is 479 g/mol. The molecule has 0 spiro atoms. The maximum absolute atomic E-state index is 0. The molecule has 0 nitrogen and oxygen atoms in total. The Balaban J connectivity index is 0. The van der Waals surface area contributed by atoms with Crippen LogP contribution >= 0.6 is 0 Å². The molecule has 0 rings (SSSR count). The number of rotatable bonds is 0. The van der Waals surface area contributed by atoms with Crippen molar-refractivity contribution in [3.63, 3.8) is 0 Å². The first-order chi connectivity index (χ1) is 0. The molecule has 4 heteroatoms. The molecule has 0 atom stereocenters. The predicted molar refractivity (Wildman–Crippen MR) is 26.5 cm³/mol. The van der Waals surface area contributed by atoms with Crippen LogP contribution in [0.15, 0.2) is 0 Å². The van der Waals surface area contributed by atoms with Crippen molar-refractivity contribution in [2.45, 2.75) is 0 Å². The van der Waals surface area contributed by atoms with Crippen molar-refractivity contribution in [1.82, 2.24) is 0 Å². The van der Waals surface area contributed by atoms with Gasteiger partial charge in [0.25, 0.3) is 0 Å². The average Bonchev–Trinajstić information content (AvgIpc) is 0. The van der Waals surface area contributed by atoms with Gasteiger partial charge in [0.2, 0.25) is 0 Å². The molecular formula is H7AlAuCaPb. The summed E-state index contributed by atoms with van der Waals surface area (Å²) in [5.41, 5.74) is 0. The normalized spacial score (nSPS) is 0. The van der Waals surface area contributed by atoms with Gasteiger partial charge in [-0.05, 0) is 0 Å². The molecular weight excluding hydrogens is 471 g/mol. The molecule has 0 aromatic carbocycles. The van der Waals surface area contributed by atoms with E-state index in [1.54, 1.807) is 0 Å². The maximum atomic E-state index is 0. The molecule has 0 aliphatic carbocycles. The third kappa shape index (κ3) is 9.07. The third-order valence-corrected chi connectivity index (χ3v) is 0. The van der Waals surface area contributed by atoms with Crippen LogP contribution in [0.1, 0.15) is 2.85 Å². The van der Waals surface area contributed by atoms with Gasteiger partial charge in [0.1, 0.15) is 0 Å². The molecule has 0 aliphatic heterocycles. The average molecular weight is 478 g/mol. The third-order valence-electron chi connectivity index (χ3n) is 0. The Bertz CT molecular complexity index is 13.5. The zero-order chi connectivity index (χ0) is 0. The van der Waals surface area contributed by atoms with E-state index in [9.17, 15) is 0 Å². The summed E-state index contributed by atoms with van der Waals surface area (Å²) in [6.45, 7) is 0. The summed E-state index contributed by atoms with van der Waals surface area (Å²) in [6.07, 6.45) is 0. The molecule has 4 heavy (non-hydrogen) atoms. The first kappa shape index (κ1) is 26.0. The number of hydrogen-bond acceptors (Lipinski definition) is 0. The molecule has 0 aromatic heterocycles. The molecule has 0 bridgehead atoms. The van der Waals surface area contributed by atoms with E-state index in [1.165, 1.54) is 0 Å². The van der Waals surface area contributed by atoms with Crippen LogP contribution in [0.5, 0.6) is 0 Å². The van der Waals surface area contributed by atoms with Crippen molar-refractivity contribution in [1.29, 1.82) is 0 Å². The fourth-order valence-corrected chi connectivity index (χ4v) is 0. The van der Waals surface area contributed by atoms with Crippen LogP contribution in [0.3, 0.4) is 0 Å². The Morgan fingerprint density at radius 2 is 1.25 bits per heavy atom. The molecule has 0 amide bonds. The van der Waals surface area contributed by atoms with Gasteiger partial charge in [0.15, 0.2) is 17.4 Å². The molecule has 0 aliphatic rings. The molecule has 0 N–H and O–H groups in total. The topological polar surface area (TPSA) is 0 Å². The van der Waals surface area contributed by atoms with E-state index in [-0.39, 0.29) is 108 Å². The zero-order valence-corrected chi connectivity index (χ0v) is 11.6. The number of hydrogen-bond donors (Lipinski definition) is 0. The first-order valence-electron chi connectivity index (χ1n) is 0. The molecule has 0 saturated heterocycles. The fourth-order valence-electron chi connectivity index (χ4n) is 0. The van der Waals surface area contributed by atoms with Gasteiger partial charge < -0.3 is 2.85 Å². The molecule has 3 radical (unpaired) electrons. The van der Waals surface area contributed by atoms with E-state index in [0.717, 1.165) is 0 Å². The summed E-state index contributed by atoms with van der Waals surface area (Å²) in [4.78, 5) is 0. The van der Waals surface area contributed by atoms with Crippen molar-refractivity contribution >= 4 is 82.4 Å². The van der Waals surface area contributed by atoms with Gasteiger partial charge in [-0.1, -0.05) is 0 Å². The van der Waals surface area contributed by atoms with Crippen molar-refractivity contribution in [2.75, 3.05) is 0 Å². The summed E-state index contributed by atoms with van der Waals surface area (Å²) in [5, 5.41) is 0. The van der Waals surface area contributed by atoms with Gasteiger partial charge in [-0.15, -0.1) is 0 Å². The van der Waals surface area contributed by atoms with E-state index in [1.807, 2.05) is 0 Å². The van der Waals surface area contributed by atoms with Gasteiger partial charge in [0, 0.05) is 22.4 Å². The van der Waals surface area contributed by atoms with Crippen LogP contribution in [0.2, 0.25) is 0 Å². The first-order valence-corrected chi connectivity index (χ1v) is 0. The van der Waals surface area contributed by atoms with Crippen molar-refractivity contribution < 1.29 is 25.2 Å². The summed E-state index contributed by atoms with van der Waals surface area (Å²) in [7, 11) is 0. The van der Waals surface area contributed by atoms with E-state index < -0.39 is 0 Å². The van der Waals surface area contributed by atoms with Crippen LogP contribution in [-0.2, 0) is 22.4 Å². The molecule has 0 heterocycles. The van der Waals surface area contributed by atoms with Gasteiger partial charge in [-0.2, -0.15) is 0 Å². The predicted octanol–water partition coefficient (Wildman–Crippen LogP) is -2.26. The van der Waals surface area contributed by atoms with E-state index in [2.05, 4.69) is 0 Å². The van der Waals surface area contributed by atoms with Gasteiger partial charge in [0.05, 0.1) is 0 Å². The quantitative estimate of drug-likeness (QED) is 0.345.